The molecule has 0 radical (unpaired) electrons. The highest BCUT2D eigenvalue weighted by molar-refractivity contribution is 5.35. The zero-order chi connectivity index (χ0) is 15.3. The molecule has 2 N–H and O–H groups in total. The van der Waals surface area contributed by atoms with Gasteiger partial charge in [-0.2, -0.15) is 0 Å². The Morgan fingerprint density at radius 2 is 2.00 bits per heavy atom. The average Bonchev–Trinajstić information content (AvgIpc) is 2.50. The lowest BCUT2D eigenvalue weighted by Crippen LogP contribution is -2.39. The van der Waals surface area contributed by atoms with Gasteiger partial charge in [0.15, 0.2) is 0 Å². The van der Waals surface area contributed by atoms with Gasteiger partial charge in [0.2, 0.25) is 0 Å². The molecule has 0 aromatic heterocycles. The second-order valence-electron chi connectivity index (χ2n) is 6.58. The Balaban J connectivity index is 1.92. The summed E-state index contributed by atoms with van der Waals surface area (Å²) in [5.41, 5.74) is 3.62. The average molecular weight is 291 g/mol. The van der Waals surface area contributed by atoms with Crippen LogP contribution in [-0.2, 0) is 17.6 Å². The standard InChI is InChI=1S/C18H29NO2/c1-14(19-13-18(2,20)10-11-21-3)16-9-8-15-6-4-5-7-17(15)12-16/h8-9,12,14,19-20H,4-7,10-11,13H2,1-3H3. The highest BCUT2D eigenvalue weighted by atomic mass is 16.5. The van der Waals surface area contributed by atoms with Gasteiger partial charge in [-0.1, -0.05) is 18.2 Å². The van der Waals surface area contributed by atoms with Crippen LogP contribution in [0.25, 0.3) is 0 Å². The van der Waals surface area contributed by atoms with E-state index < -0.39 is 5.60 Å². The normalized spacial score (nSPS) is 18.9. The third-order valence-corrected chi connectivity index (χ3v) is 4.51. The molecule has 0 spiro atoms. The number of rotatable bonds is 7. The third kappa shape index (κ3) is 4.80. The maximum absolute atomic E-state index is 10.3. The van der Waals surface area contributed by atoms with E-state index in [4.69, 9.17) is 4.74 Å². The van der Waals surface area contributed by atoms with E-state index in [1.165, 1.54) is 42.4 Å². The second-order valence-corrected chi connectivity index (χ2v) is 6.58. The predicted molar refractivity (Wildman–Crippen MR) is 86.6 cm³/mol. The highest BCUT2D eigenvalue weighted by Crippen LogP contribution is 2.25. The van der Waals surface area contributed by atoms with Crippen LogP contribution in [0.1, 0.15) is 55.8 Å². The molecule has 1 aromatic rings. The molecule has 0 saturated carbocycles. The Morgan fingerprint density at radius 3 is 2.71 bits per heavy atom. The minimum atomic E-state index is -0.724. The van der Waals surface area contributed by atoms with E-state index in [0.717, 1.165) is 0 Å². The van der Waals surface area contributed by atoms with Crippen molar-refractivity contribution < 1.29 is 9.84 Å². The summed E-state index contributed by atoms with van der Waals surface area (Å²) in [6.07, 6.45) is 5.71. The number of benzene rings is 1. The molecule has 0 heterocycles. The first-order chi connectivity index (χ1) is 10.0. The first-order valence-electron chi connectivity index (χ1n) is 8.08. The van der Waals surface area contributed by atoms with E-state index in [9.17, 15) is 5.11 Å². The van der Waals surface area contributed by atoms with Crippen LogP contribution in [0.3, 0.4) is 0 Å². The number of hydrogen-bond donors (Lipinski definition) is 2. The molecule has 1 aliphatic rings. The van der Waals surface area contributed by atoms with Crippen LogP contribution >= 0.6 is 0 Å². The number of methoxy groups -OCH3 is 1. The van der Waals surface area contributed by atoms with Crippen LogP contribution in [0.2, 0.25) is 0 Å². The van der Waals surface area contributed by atoms with Crippen molar-refractivity contribution in [2.24, 2.45) is 0 Å². The highest BCUT2D eigenvalue weighted by Gasteiger charge is 2.21. The van der Waals surface area contributed by atoms with E-state index in [1.807, 2.05) is 6.92 Å². The Labute approximate surface area is 128 Å². The number of ether oxygens (including phenoxy) is 1. The smallest absolute Gasteiger partial charge is 0.0765 e. The molecule has 0 amide bonds. The fourth-order valence-corrected chi connectivity index (χ4v) is 2.92. The lowest BCUT2D eigenvalue weighted by molar-refractivity contribution is 0.0231. The van der Waals surface area contributed by atoms with Crippen LogP contribution in [0.5, 0.6) is 0 Å². The van der Waals surface area contributed by atoms with E-state index in [2.05, 4.69) is 30.4 Å². The van der Waals surface area contributed by atoms with Crippen molar-refractivity contribution in [1.82, 2.24) is 5.32 Å². The predicted octanol–water partition coefficient (Wildman–Crippen LogP) is 3.00. The van der Waals surface area contributed by atoms with E-state index in [-0.39, 0.29) is 6.04 Å². The molecule has 3 nitrogen and oxygen atoms in total. The van der Waals surface area contributed by atoms with Gasteiger partial charge in [-0.05, 0) is 56.2 Å². The first-order valence-corrected chi connectivity index (χ1v) is 8.08. The lowest BCUT2D eigenvalue weighted by atomic mass is 9.89. The largest absolute Gasteiger partial charge is 0.389 e. The minimum absolute atomic E-state index is 0.256. The summed E-state index contributed by atoms with van der Waals surface area (Å²) in [4.78, 5) is 0. The van der Waals surface area contributed by atoms with Gasteiger partial charge in [0.1, 0.15) is 0 Å². The molecular formula is C18H29NO2. The van der Waals surface area contributed by atoms with Gasteiger partial charge in [-0.25, -0.2) is 0 Å². The SMILES string of the molecule is COCCC(C)(O)CNC(C)c1ccc2c(c1)CCCC2. The topological polar surface area (TPSA) is 41.5 Å². The van der Waals surface area contributed by atoms with Crippen molar-refractivity contribution in [3.63, 3.8) is 0 Å². The van der Waals surface area contributed by atoms with Crippen molar-refractivity contribution in [2.45, 2.75) is 57.6 Å². The number of hydrogen-bond acceptors (Lipinski definition) is 3. The summed E-state index contributed by atoms with van der Waals surface area (Å²) >= 11 is 0. The maximum Gasteiger partial charge on any atom is 0.0765 e. The number of fused-ring (bicyclic) bond motifs is 1. The van der Waals surface area contributed by atoms with Crippen LogP contribution in [0, 0.1) is 0 Å². The van der Waals surface area contributed by atoms with Crippen LogP contribution < -0.4 is 5.32 Å². The molecule has 1 aromatic carbocycles. The van der Waals surface area contributed by atoms with E-state index in [0.29, 0.717) is 19.6 Å². The molecule has 118 valence electrons. The van der Waals surface area contributed by atoms with Gasteiger partial charge in [-0.15, -0.1) is 0 Å². The summed E-state index contributed by atoms with van der Waals surface area (Å²) in [5.74, 6) is 0. The fraction of sp³-hybridized carbons (Fsp3) is 0.667. The van der Waals surface area contributed by atoms with Gasteiger partial charge in [0.25, 0.3) is 0 Å². The van der Waals surface area contributed by atoms with Gasteiger partial charge in [0.05, 0.1) is 5.60 Å². The molecule has 21 heavy (non-hydrogen) atoms. The van der Waals surface area contributed by atoms with Crippen LogP contribution in [-0.4, -0.2) is 31.0 Å². The van der Waals surface area contributed by atoms with Crippen molar-refractivity contribution >= 4 is 0 Å². The summed E-state index contributed by atoms with van der Waals surface area (Å²) < 4.78 is 5.04. The molecule has 2 atom stereocenters. The number of nitrogens with one attached hydrogen (secondary N) is 1. The molecule has 2 unspecified atom stereocenters. The molecule has 0 bridgehead atoms. The Bertz CT molecular complexity index is 457. The summed E-state index contributed by atoms with van der Waals surface area (Å²) in [6.45, 7) is 5.19. The van der Waals surface area contributed by atoms with Crippen molar-refractivity contribution in [3.05, 3.63) is 34.9 Å². The van der Waals surface area contributed by atoms with Gasteiger partial charge >= 0.3 is 0 Å². The molecule has 0 aliphatic heterocycles. The van der Waals surface area contributed by atoms with Crippen LogP contribution in [0.4, 0.5) is 0 Å². The maximum atomic E-state index is 10.3. The first kappa shape index (κ1) is 16.5. The van der Waals surface area contributed by atoms with Crippen molar-refractivity contribution in [2.75, 3.05) is 20.3 Å². The quantitative estimate of drug-likeness (QED) is 0.811. The second kappa shape index (κ2) is 7.39. The molecule has 0 fully saturated rings. The molecular weight excluding hydrogens is 262 g/mol. The van der Waals surface area contributed by atoms with Crippen molar-refractivity contribution in [1.29, 1.82) is 0 Å². The summed E-state index contributed by atoms with van der Waals surface area (Å²) in [6, 6.07) is 7.11. The molecule has 1 aliphatic carbocycles. The van der Waals surface area contributed by atoms with Gasteiger partial charge in [-0.3, -0.25) is 0 Å². The Kier molecular flexibility index (Phi) is 5.80. The van der Waals surface area contributed by atoms with Gasteiger partial charge < -0.3 is 15.2 Å². The van der Waals surface area contributed by atoms with Gasteiger partial charge in [0, 0.05) is 32.7 Å². The van der Waals surface area contributed by atoms with E-state index >= 15 is 0 Å². The van der Waals surface area contributed by atoms with E-state index in [1.54, 1.807) is 7.11 Å². The molecule has 3 heteroatoms. The third-order valence-electron chi connectivity index (χ3n) is 4.51. The van der Waals surface area contributed by atoms with Crippen molar-refractivity contribution in [3.8, 4) is 0 Å². The minimum Gasteiger partial charge on any atom is -0.389 e. The molecule has 0 saturated heterocycles. The summed E-state index contributed by atoms with van der Waals surface area (Å²) in [7, 11) is 1.67. The van der Waals surface area contributed by atoms with Crippen LogP contribution in [0.15, 0.2) is 18.2 Å². The zero-order valence-electron chi connectivity index (χ0n) is 13.6. The number of aryl methyl sites for hydroxylation is 2. The zero-order valence-corrected chi connectivity index (χ0v) is 13.6. The summed E-state index contributed by atoms with van der Waals surface area (Å²) in [5, 5.41) is 13.7. The fourth-order valence-electron chi connectivity index (χ4n) is 2.92. The lowest BCUT2D eigenvalue weighted by Gasteiger charge is -2.26. The monoisotopic (exact) mass is 291 g/mol. The Hall–Kier alpha value is -0.900. The Morgan fingerprint density at radius 1 is 1.29 bits per heavy atom. The number of aliphatic hydroxyl groups is 1. The molecule has 2 rings (SSSR count).